The largest absolute Gasteiger partial charge is 0.286 e. The van der Waals surface area contributed by atoms with E-state index in [9.17, 15) is 0 Å². The Morgan fingerprint density at radius 1 is 0.800 bits per heavy atom. The molecule has 0 aliphatic heterocycles. The molecular weight excluding hydrogens is 324 g/mol. The van der Waals surface area contributed by atoms with Crippen LogP contribution in [0.3, 0.4) is 0 Å². The predicted octanol–water partition coefficient (Wildman–Crippen LogP) is 6.11. The van der Waals surface area contributed by atoms with E-state index in [0.29, 0.717) is 0 Å². The molecule has 6 rings (SSSR count). The Morgan fingerprint density at radius 3 is 2.44 bits per heavy atom. The molecule has 0 aliphatic rings. The first kappa shape index (κ1) is 13.5. The minimum Gasteiger partial charge on any atom is -0.286 e. The summed E-state index contributed by atoms with van der Waals surface area (Å²) in [5.41, 5.74) is 3.25. The highest BCUT2D eigenvalue weighted by Crippen LogP contribution is 2.43. The molecule has 25 heavy (non-hydrogen) atoms. The van der Waals surface area contributed by atoms with E-state index in [1.165, 1.54) is 42.9 Å². The molecule has 0 fully saturated rings. The normalized spacial score (nSPS) is 12.4. The Hall–Kier alpha value is -2.78. The fraction of sp³-hybridized carbons (Fsp3) is 0.0455. The van der Waals surface area contributed by atoms with Crippen LogP contribution in [0.25, 0.3) is 49.0 Å². The van der Waals surface area contributed by atoms with Crippen LogP contribution in [-0.2, 0) is 0 Å². The number of thioether (sulfide) groups is 1. The number of benzene rings is 3. The van der Waals surface area contributed by atoms with Crippen LogP contribution >= 0.6 is 11.8 Å². The first-order valence-electron chi connectivity index (χ1n) is 8.37. The summed E-state index contributed by atoms with van der Waals surface area (Å²) >= 11 is 1.80. The number of nitrogens with zero attached hydrogens (tertiary/aromatic N) is 2. The molecule has 3 heteroatoms. The number of para-hydroxylation sites is 2. The molecule has 0 N–H and O–H groups in total. The van der Waals surface area contributed by atoms with E-state index in [0.717, 1.165) is 11.2 Å². The Morgan fingerprint density at radius 2 is 1.60 bits per heavy atom. The highest BCUT2D eigenvalue weighted by Gasteiger charge is 2.18. The topological polar surface area (TPSA) is 17.3 Å². The third-order valence-corrected chi connectivity index (χ3v) is 5.98. The number of pyridine rings is 1. The van der Waals surface area contributed by atoms with Crippen LogP contribution in [-0.4, -0.2) is 15.6 Å². The minimum absolute atomic E-state index is 1.02. The van der Waals surface area contributed by atoms with Gasteiger partial charge in [0.2, 0.25) is 0 Å². The first-order chi connectivity index (χ1) is 12.4. The lowest BCUT2D eigenvalue weighted by atomic mass is 10.1. The molecule has 0 unspecified atom stereocenters. The number of hydrogen-bond donors (Lipinski definition) is 0. The molecular formula is C22H14N2S. The van der Waals surface area contributed by atoms with Crippen LogP contribution in [0.1, 0.15) is 0 Å². The summed E-state index contributed by atoms with van der Waals surface area (Å²) in [4.78, 5) is 4.88. The molecule has 0 atom stereocenters. The molecule has 2 aromatic heterocycles. The molecule has 6 aromatic rings. The van der Waals surface area contributed by atoms with Gasteiger partial charge in [-0.15, -0.1) is 11.8 Å². The van der Waals surface area contributed by atoms with E-state index >= 15 is 0 Å². The Bertz CT molecular complexity index is 1420. The fourth-order valence-corrected chi connectivity index (χ4v) is 5.02. The van der Waals surface area contributed by atoms with E-state index in [-0.39, 0.29) is 0 Å². The molecule has 0 amide bonds. The van der Waals surface area contributed by atoms with Gasteiger partial charge in [0.25, 0.3) is 0 Å². The van der Waals surface area contributed by atoms with E-state index in [4.69, 9.17) is 4.98 Å². The van der Waals surface area contributed by atoms with Crippen molar-refractivity contribution in [1.82, 2.24) is 9.38 Å². The van der Waals surface area contributed by atoms with Gasteiger partial charge in [0.15, 0.2) is 0 Å². The standard InChI is InChI=1S/C22H14N2S/c1-25-22-21-15-9-5-7-13-6-4-8-14(20(13)15)16(21)12-19-23-17-10-2-3-11-18(17)24(19)22/h2-12H,1H3. The van der Waals surface area contributed by atoms with Crippen molar-refractivity contribution in [2.75, 3.05) is 6.26 Å². The van der Waals surface area contributed by atoms with Crippen molar-refractivity contribution in [3.05, 3.63) is 66.7 Å². The van der Waals surface area contributed by atoms with E-state index in [1.807, 2.05) is 0 Å². The zero-order chi connectivity index (χ0) is 16.5. The number of hydrogen-bond acceptors (Lipinski definition) is 2. The molecule has 0 saturated carbocycles. The first-order valence-corrected chi connectivity index (χ1v) is 9.60. The van der Waals surface area contributed by atoms with Crippen LogP contribution in [0.15, 0.2) is 71.8 Å². The van der Waals surface area contributed by atoms with Gasteiger partial charge in [-0.25, -0.2) is 4.98 Å². The van der Waals surface area contributed by atoms with Gasteiger partial charge in [0.05, 0.1) is 16.1 Å². The number of imidazole rings is 1. The van der Waals surface area contributed by atoms with Gasteiger partial charge in [0, 0.05) is 5.39 Å². The molecule has 0 bridgehead atoms. The fourth-order valence-electron chi connectivity index (χ4n) is 4.22. The quantitative estimate of drug-likeness (QED) is 0.337. The molecule has 118 valence electrons. The van der Waals surface area contributed by atoms with Crippen molar-refractivity contribution in [1.29, 1.82) is 0 Å². The molecule has 0 saturated heterocycles. The molecule has 2 nitrogen and oxygen atoms in total. The van der Waals surface area contributed by atoms with Gasteiger partial charge in [0.1, 0.15) is 5.65 Å². The lowest BCUT2D eigenvalue weighted by molar-refractivity contribution is 1.10. The average Bonchev–Trinajstić information content (AvgIpc) is 3.18. The highest BCUT2D eigenvalue weighted by atomic mass is 32.2. The molecule has 0 radical (unpaired) electrons. The summed E-state index contributed by atoms with van der Waals surface area (Å²) in [7, 11) is 0. The van der Waals surface area contributed by atoms with Crippen LogP contribution < -0.4 is 0 Å². The lowest BCUT2D eigenvalue weighted by Gasteiger charge is -2.07. The van der Waals surface area contributed by atoms with Crippen molar-refractivity contribution in [3.8, 4) is 0 Å². The molecule has 2 heterocycles. The molecule has 4 aromatic carbocycles. The van der Waals surface area contributed by atoms with Crippen molar-refractivity contribution in [2.24, 2.45) is 0 Å². The summed E-state index contributed by atoms with van der Waals surface area (Å²) in [6, 6.07) is 23.9. The highest BCUT2D eigenvalue weighted by molar-refractivity contribution is 7.98. The third-order valence-electron chi connectivity index (χ3n) is 5.20. The maximum Gasteiger partial charge on any atom is 0.139 e. The van der Waals surface area contributed by atoms with Gasteiger partial charge in [-0.3, -0.25) is 4.40 Å². The Kier molecular flexibility index (Phi) is 2.51. The van der Waals surface area contributed by atoms with Gasteiger partial charge in [-0.2, -0.15) is 0 Å². The Balaban J connectivity index is 2.00. The van der Waals surface area contributed by atoms with Crippen LogP contribution in [0.2, 0.25) is 0 Å². The maximum atomic E-state index is 4.88. The van der Waals surface area contributed by atoms with Crippen molar-refractivity contribution >= 4 is 60.8 Å². The monoisotopic (exact) mass is 338 g/mol. The third kappa shape index (κ3) is 1.59. The van der Waals surface area contributed by atoms with Gasteiger partial charge in [-0.1, -0.05) is 48.5 Å². The summed E-state index contributed by atoms with van der Waals surface area (Å²) in [6.45, 7) is 0. The Labute approximate surface area is 148 Å². The second kappa shape index (κ2) is 4.64. The lowest BCUT2D eigenvalue weighted by Crippen LogP contribution is -1.90. The van der Waals surface area contributed by atoms with Crippen molar-refractivity contribution in [2.45, 2.75) is 5.03 Å². The summed E-state index contributed by atoms with van der Waals surface area (Å²) in [5, 5.41) is 9.26. The summed E-state index contributed by atoms with van der Waals surface area (Å²) < 4.78 is 2.31. The predicted molar refractivity (Wildman–Crippen MR) is 108 cm³/mol. The van der Waals surface area contributed by atoms with Gasteiger partial charge >= 0.3 is 0 Å². The van der Waals surface area contributed by atoms with Gasteiger partial charge in [-0.05, 0) is 51.4 Å². The summed E-state index contributed by atoms with van der Waals surface area (Å²) in [5.74, 6) is 0. The zero-order valence-electron chi connectivity index (χ0n) is 13.7. The zero-order valence-corrected chi connectivity index (χ0v) is 14.5. The maximum absolute atomic E-state index is 4.88. The van der Waals surface area contributed by atoms with E-state index < -0.39 is 0 Å². The van der Waals surface area contributed by atoms with Crippen LogP contribution in [0, 0.1) is 0 Å². The number of rotatable bonds is 1. The second-order valence-corrected chi connectivity index (χ2v) is 7.24. The van der Waals surface area contributed by atoms with Crippen LogP contribution in [0.5, 0.6) is 0 Å². The minimum atomic E-state index is 1.02. The molecule has 0 aliphatic carbocycles. The SMILES string of the molecule is CSc1c2c(cc3nc4ccccc4n13)c1cccc3cccc2c31. The van der Waals surface area contributed by atoms with E-state index in [1.54, 1.807) is 11.8 Å². The second-order valence-electron chi connectivity index (χ2n) is 6.45. The number of fused-ring (bicyclic) bond motifs is 6. The summed E-state index contributed by atoms with van der Waals surface area (Å²) in [6.07, 6.45) is 2.16. The van der Waals surface area contributed by atoms with Gasteiger partial charge < -0.3 is 0 Å². The molecule has 0 spiro atoms. The average molecular weight is 338 g/mol. The van der Waals surface area contributed by atoms with Crippen LogP contribution in [0.4, 0.5) is 0 Å². The van der Waals surface area contributed by atoms with Crippen molar-refractivity contribution < 1.29 is 0 Å². The van der Waals surface area contributed by atoms with E-state index in [2.05, 4.69) is 77.4 Å². The smallest absolute Gasteiger partial charge is 0.139 e. The van der Waals surface area contributed by atoms with Crippen molar-refractivity contribution in [3.63, 3.8) is 0 Å². The number of aromatic nitrogens is 2.